The smallest absolute Gasteiger partial charge is 0.0413 e. The molecule has 0 aromatic rings. The highest BCUT2D eigenvalue weighted by atomic mass is 14.8. The number of hydrogen-bond donors (Lipinski definition) is 1. The molecular formula is C7H9N. The quantitative estimate of drug-likeness (QED) is 0.487. The summed E-state index contributed by atoms with van der Waals surface area (Å²) in [6.07, 6.45) is 9.53. The van der Waals surface area contributed by atoms with Crippen molar-refractivity contribution >= 4 is 0 Å². The van der Waals surface area contributed by atoms with Crippen molar-refractivity contribution in [1.82, 2.24) is 0 Å². The molecule has 2 aliphatic rings. The number of rotatable bonds is 0. The molecular weight excluding hydrogens is 98.1 g/mol. The normalized spacial score (nSPS) is 48.9. The Labute approximate surface area is 48.9 Å². The van der Waals surface area contributed by atoms with Crippen LogP contribution in [0.15, 0.2) is 24.3 Å². The molecule has 8 heavy (non-hydrogen) atoms. The van der Waals surface area contributed by atoms with E-state index in [1.54, 1.807) is 0 Å². The Bertz CT molecular complexity index is 169. The van der Waals surface area contributed by atoms with Crippen molar-refractivity contribution in [2.75, 3.05) is 0 Å². The molecule has 0 aliphatic heterocycles. The average molecular weight is 107 g/mol. The van der Waals surface area contributed by atoms with Crippen LogP contribution in [-0.2, 0) is 0 Å². The van der Waals surface area contributed by atoms with Crippen molar-refractivity contribution in [3.8, 4) is 0 Å². The van der Waals surface area contributed by atoms with E-state index in [0.717, 1.165) is 6.42 Å². The largest absolute Gasteiger partial charge is 0.321 e. The molecule has 0 aromatic heterocycles. The van der Waals surface area contributed by atoms with Gasteiger partial charge in [0.1, 0.15) is 0 Å². The minimum Gasteiger partial charge on any atom is -0.321 e. The van der Waals surface area contributed by atoms with E-state index in [4.69, 9.17) is 5.73 Å². The van der Waals surface area contributed by atoms with Gasteiger partial charge in [-0.15, -0.1) is 0 Å². The van der Waals surface area contributed by atoms with Crippen LogP contribution in [-0.4, -0.2) is 5.54 Å². The molecule has 0 amide bonds. The third-order valence-electron chi connectivity index (χ3n) is 1.96. The first-order valence-corrected chi connectivity index (χ1v) is 2.96. The third-order valence-corrected chi connectivity index (χ3v) is 1.96. The van der Waals surface area contributed by atoms with Gasteiger partial charge in [0.2, 0.25) is 0 Å². The molecule has 0 heterocycles. The van der Waals surface area contributed by atoms with Gasteiger partial charge in [-0.2, -0.15) is 0 Å². The van der Waals surface area contributed by atoms with Gasteiger partial charge in [-0.25, -0.2) is 0 Å². The van der Waals surface area contributed by atoms with E-state index in [1.807, 2.05) is 6.08 Å². The molecule has 0 radical (unpaired) electrons. The van der Waals surface area contributed by atoms with E-state index in [2.05, 4.69) is 18.2 Å². The van der Waals surface area contributed by atoms with Crippen molar-refractivity contribution in [3.63, 3.8) is 0 Å². The summed E-state index contributed by atoms with van der Waals surface area (Å²) in [5, 5.41) is 0. The number of allylic oxidation sites excluding steroid dienone is 2. The molecule has 2 N–H and O–H groups in total. The minimum absolute atomic E-state index is 0.0781. The summed E-state index contributed by atoms with van der Waals surface area (Å²) in [5.41, 5.74) is 5.89. The van der Waals surface area contributed by atoms with Crippen LogP contribution in [0.2, 0.25) is 0 Å². The molecule has 0 spiro atoms. The summed E-state index contributed by atoms with van der Waals surface area (Å²) < 4.78 is 0. The molecule has 0 saturated heterocycles. The zero-order valence-electron chi connectivity index (χ0n) is 4.67. The monoisotopic (exact) mass is 107 g/mol. The van der Waals surface area contributed by atoms with E-state index in [1.165, 1.54) is 0 Å². The van der Waals surface area contributed by atoms with Crippen LogP contribution < -0.4 is 5.73 Å². The summed E-state index contributed by atoms with van der Waals surface area (Å²) in [6, 6.07) is 0. The van der Waals surface area contributed by atoms with Crippen LogP contribution in [0.1, 0.15) is 6.42 Å². The minimum atomic E-state index is 0.0781. The van der Waals surface area contributed by atoms with Crippen LogP contribution in [0, 0.1) is 5.92 Å². The second kappa shape index (κ2) is 1.06. The maximum absolute atomic E-state index is 5.81. The lowest BCUT2D eigenvalue weighted by molar-refractivity contribution is 0.792. The number of nitrogens with two attached hydrogens (primary N) is 1. The van der Waals surface area contributed by atoms with Gasteiger partial charge in [-0.05, 0) is 6.42 Å². The molecule has 2 unspecified atom stereocenters. The van der Waals surface area contributed by atoms with E-state index in [-0.39, 0.29) is 5.54 Å². The highest BCUT2D eigenvalue weighted by Crippen LogP contribution is 2.44. The molecule has 1 nitrogen and oxygen atoms in total. The van der Waals surface area contributed by atoms with Gasteiger partial charge in [-0.3, -0.25) is 0 Å². The zero-order valence-corrected chi connectivity index (χ0v) is 4.67. The zero-order chi connectivity index (χ0) is 5.61. The van der Waals surface area contributed by atoms with Crippen molar-refractivity contribution in [2.24, 2.45) is 11.7 Å². The summed E-state index contributed by atoms with van der Waals surface area (Å²) in [4.78, 5) is 0. The van der Waals surface area contributed by atoms with Crippen molar-refractivity contribution in [1.29, 1.82) is 0 Å². The van der Waals surface area contributed by atoms with Gasteiger partial charge in [0.15, 0.2) is 0 Å². The SMILES string of the molecule is NC12C=CC=CC1C2. The van der Waals surface area contributed by atoms with E-state index >= 15 is 0 Å². The fraction of sp³-hybridized carbons (Fsp3) is 0.429. The highest BCUT2D eigenvalue weighted by Gasteiger charge is 2.47. The lowest BCUT2D eigenvalue weighted by Crippen LogP contribution is -2.21. The van der Waals surface area contributed by atoms with Gasteiger partial charge in [0.05, 0.1) is 0 Å². The van der Waals surface area contributed by atoms with Crippen molar-refractivity contribution < 1.29 is 0 Å². The molecule has 42 valence electrons. The van der Waals surface area contributed by atoms with Crippen LogP contribution in [0.5, 0.6) is 0 Å². The topological polar surface area (TPSA) is 26.0 Å². The molecule has 2 atom stereocenters. The van der Waals surface area contributed by atoms with Gasteiger partial charge in [-0.1, -0.05) is 24.3 Å². The van der Waals surface area contributed by atoms with Crippen molar-refractivity contribution in [2.45, 2.75) is 12.0 Å². The lowest BCUT2D eigenvalue weighted by Gasteiger charge is -2.03. The Morgan fingerprint density at radius 2 is 2.38 bits per heavy atom. The summed E-state index contributed by atoms with van der Waals surface area (Å²) in [6.45, 7) is 0. The Hall–Kier alpha value is -0.560. The Balaban J connectivity index is 2.33. The molecule has 0 aromatic carbocycles. The van der Waals surface area contributed by atoms with Gasteiger partial charge >= 0.3 is 0 Å². The Morgan fingerprint density at radius 3 is 2.88 bits per heavy atom. The third kappa shape index (κ3) is 0.397. The van der Waals surface area contributed by atoms with E-state index in [0.29, 0.717) is 5.92 Å². The number of hydrogen-bond acceptors (Lipinski definition) is 1. The second-order valence-electron chi connectivity index (χ2n) is 2.67. The number of fused-ring (bicyclic) bond motifs is 1. The molecule has 1 saturated carbocycles. The fourth-order valence-corrected chi connectivity index (χ4v) is 1.19. The summed E-state index contributed by atoms with van der Waals surface area (Å²) in [7, 11) is 0. The van der Waals surface area contributed by atoms with Gasteiger partial charge < -0.3 is 5.73 Å². The van der Waals surface area contributed by atoms with Crippen LogP contribution >= 0.6 is 0 Å². The maximum Gasteiger partial charge on any atom is 0.0413 e. The standard InChI is InChI=1S/C7H9N/c8-7-4-2-1-3-6(7)5-7/h1-4,6H,5,8H2. The first-order valence-electron chi connectivity index (χ1n) is 2.96. The van der Waals surface area contributed by atoms with Gasteiger partial charge in [0, 0.05) is 11.5 Å². The van der Waals surface area contributed by atoms with Gasteiger partial charge in [0.25, 0.3) is 0 Å². The first kappa shape index (κ1) is 4.33. The van der Waals surface area contributed by atoms with Crippen molar-refractivity contribution in [3.05, 3.63) is 24.3 Å². The van der Waals surface area contributed by atoms with Crippen LogP contribution in [0.3, 0.4) is 0 Å². The van der Waals surface area contributed by atoms with Crippen LogP contribution in [0.4, 0.5) is 0 Å². The highest BCUT2D eigenvalue weighted by molar-refractivity contribution is 5.33. The predicted octanol–water partition coefficient (Wildman–Crippen LogP) is 0.830. The molecule has 1 heteroatoms. The average Bonchev–Trinajstić information content (AvgIpc) is 2.39. The van der Waals surface area contributed by atoms with Crippen LogP contribution in [0.25, 0.3) is 0 Å². The lowest BCUT2D eigenvalue weighted by atomic mass is 10.1. The Kier molecular flexibility index (Phi) is 0.571. The van der Waals surface area contributed by atoms with E-state index in [9.17, 15) is 0 Å². The maximum atomic E-state index is 5.81. The molecule has 2 aliphatic carbocycles. The first-order chi connectivity index (χ1) is 3.81. The summed E-state index contributed by atoms with van der Waals surface area (Å²) >= 11 is 0. The molecule has 2 rings (SSSR count). The predicted molar refractivity (Wildman–Crippen MR) is 33.3 cm³/mol. The second-order valence-corrected chi connectivity index (χ2v) is 2.67. The van der Waals surface area contributed by atoms with E-state index < -0.39 is 0 Å². The molecule has 0 bridgehead atoms. The summed E-state index contributed by atoms with van der Waals surface area (Å²) in [5.74, 6) is 0.660. The fourth-order valence-electron chi connectivity index (χ4n) is 1.19. The Morgan fingerprint density at radius 1 is 1.50 bits per heavy atom. The molecule has 1 fully saturated rings.